The largest absolute Gasteiger partial charge is 0.494 e. The van der Waals surface area contributed by atoms with E-state index in [2.05, 4.69) is 12.2 Å². The minimum atomic E-state index is -1.18. The van der Waals surface area contributed by atoms with Gasteiger partial charge < -0.3 is 9.47 Å². The summed E-state index contributed by atoms with van der Waals surface area (Å²) in [6, 6.07) is 2.50. The molecule has 2 fully saturated rings. The Morgan fingerprint density at radius 3 is 2.46 bits per heavy atom. The molecule has 2 aliphatic rings. The molecule has 24 heavy (non-hydrogen) atoms. The normalized spacial score (nSPS) is 29.0. The molecule has 130 valence electrons. The molecular weight excluding hydrogens is 314 g/mol. The highest BCUT2D eigenvalue weighted by atomic mass is 19.2. The molecule has 5 heteroatoms. The summed E-state index contributed by atoms with van der Waals surface area (Å²) in [5.41, 5.74) is 0. The van der Waals surface area contributed by atoms with Gasteiger partial charge in [0.25, 0.3) is 0 Å². The van der Waals surface area contributed by atoms with Gasteiger partial charge in [-0.1, -0.05) is 12.2 Å². The van der Waals surface area contributed by atoms with Gasteiger partial charge in [0, 0.05) is 0 Å². The van der Waals surface area contributed by atoms with Crippen LogP contribution < -0.4 is 9.47 Å². The van der Waals surface area contributed by atoms with Crippen LogP contribution in [-0.2, 0) is 4.79 Å². The Kier molecular flexibility index (Phi) is 4.88. The fraction of sp³-hybridized carbons (Fsp3) is 0.526. The van der Waals surface area contributed by atoms with Crippen LogP contribution in [0, 0.1) is 35.3 Å². The van der Waals surface area contributed by atoms with Crippen molar-refractivity contribution in [1.29, 1.82) is 0 Å². The number of fused-ring (bicyclic) bond motifs is 1. The molecule has 3 rings (SSSR count). The average Bonchev–Trinajstić information content (AvgIpc) is 3.15. The van der Waals surface area contributed by atoms with Gasteiger partial charge >= 0.3 is 5.97 Å². The van der Waals surface area contributed by atoms with Crippen molar-refractivity contribution in [2.24, 2.45) is 23.7 Å². The first-order valence-electron chi connectivity index (χ1n) is 8.43. The first kappa shape index (κ1) is 16.9. The molecule has 4 unspecified atom stereocenters. The van der Waals surface area contributed by atoms with E-state index in [4.69, 9.17) is 9.47 Å². The third kappa shape index (κ3) is 2.92. The topological polar surface area (TPSA) is 35.5 Å². The van der Waals surface area contributed by atoms with Crippen molar-refractivity contribution < 1.29 is 23.0 Å². The number of hydrogen-bond donors (Lipinski definition) is 0. The molecule has 0 amide bonds. The van der Waals surface area contributed by atoms with Crippen LogP contribution in [0.5, 0.6) is 11.5 Å². The van der Waals surface area contributed by atoms with Gasteiger partial charge in [-0.25, -0.2) is 0 Å². The van der Waals surface area contributed by atoms with Gasteiger partial charge in [-0.2, -0.15) is 8.78 Å². The van der Waals surface area contributed by atoms with E-state index in [0.29, 0.717) is 11.8 Å². The van der Waals surface area contributed by atoms with Gasteiger partial charge in [0.15, 0.2) is 11.5 Å². The number of ether oxygens (including phenoxy) is 2. The molecule has 2 saturated carbocycles. The predicted octanol–water partition coefficient (Wildman–Crippen LogP) is 4.51. The summed E-state index contributed by atoms with van der Waals surface area (Å²) in [4.78, 5) is 12.5. The first-order valence-corrected chi connectivity index (χ1v) is 8.43. The van der Waals surface area contributed by atoms with Crippen LogP contribution in [-0.4, -0.2) is 13.1 Å². The second-order valence-corrected chi connectivity index (χ2v) is 6.59. The molecule has 0 spiro atoms. The standard InChI is InChI=1S/C19H22F2O3/c1-3-4-11-5-6-13-12(11)7-8-14(13)19(22)24-16-10-9-15(23-2)17(20)18(16)21/h3-4,9-14H,5-8H2,1-2H3. The lowest BCUT2D eigenvalue weighted by Crippen LogP contribution is -2.25. The zero-order valence-electron chi connectivity index (χ0n) is 13.9. The fourth-order valence-electron chi connectivity index (χ4n) is 4.36. The van der Waals surface area contributed by atoms with Gasteiger partial charge in [0.05, 0.1) is 13.0 Å². The van der Waals surface area contributed by atoms with Gasteiger partial charge in [-0.3, -0.25) is 4.79 Å². The van der Waals surface area contributed by atoms with Crippen LogP contribution in [0.4, 0.5) is 8.78 Å². The summed E-state index contributed by atoms with van der Waals surface area (Å²) in [6.45, 7) is 2.01. The first-order chi connectivity index (χ1) is 11.6. The molecule has 0 bridgehead atoms. The maximum Gasteiger partial charge on any atom is 0.314 e. The highest BCUT2D eigenvalue weighted by Gasteiger charge is 2.47. The van der Waals surface area contributed by atoms with Crippen LogP contribution in [0.3, 0.4) is 0 Å². The number of allylic oxidation sites excluding steroid dienone is 2. The summed E-state index contributed by atoms with van der Waals surface area (Å²) in [5, 5.41) is 0. The Morgan fingerprint density at radius 2 is 1.75 bits per heavy atom. The Morgan fingerprint density at radius 1 is 1.08 bits per heavy atom. The molecule has 0 saturated heterocycles. The third-order valence-electron chi connectivity index (χ3n) is 5.45. The molecule has 1 aromatic carbocycles. The SMILES string of the molecule is CC=CC1CCC2C(C(=O)Oc3ccc(OC)c(F)c3F)CCC12. The van der Waals surface area contributed by atoms with Crippen molar-refractivity contribution in [3.05, 3.63) is 35.9 Å². The van der Waals surface area contributed by atoms with Crippen molar-refractivity contribution in [2.75, 3.05) is 7.11 Å². The van der Waals surface area contributed by atoms with E-state index in [0.717, 1.165) is 25.7 Å². The zero-order chi connectivity index (χ0) is 17.3. The van der Waals surface area contributed by atoms with Crippen molar-refractivity contribution in [3.8, 4) is 11.5 Å². The predicted molar refractivity (Wildman–Crippen MR) is 85.8 cm³/mol. The number of esters is 1. The van der Waals surface area contributed by atoms with E-state index in [-0.39, 0.29) is 23.3 Å². The number of rotatable bonds is 4. The number of carbonyl (C=O) groups excluding carboxylic acids is 1. The van der Waals surface area contributed by atoms with Crippen molar-refractivity contribution in [2.45, 2.75) is 32.6 Å². The highest BCUT2D eigenvalue weighted by molar-refractivity contribution is 5.76. The lowest BCUT2D eigenvalue weighted by atomic mass is 9.89. The Labute approximate surface area is 140 Å². The number of methoxy groups -OCH3 is 1. The molecule has 2 aliphatic carbocycles. The smallest absolute Gasteiger partial charge is 0.314 e. The molecule has 0 N–H and O–H groups in total. The molecule has 0 aliphatic heterocycles. The van der Waals surface area contributed by atoms with Crippen LogP contribution in [0.1, 0.15) is 32.6 Å². The minimum Gasteiger partial charge on any atom is -0.494 e. The van der Waals surface area contributed by atoms with Crippen molar-refractivity contribution >= 4 is 5.97 Å². The Balaban J connectivity index is 1.72. The summed E-state index contributed by atoms with van der Waals surface area (Å²) in [7, 11) is 1.25. The van der Waals surface area contributed by atoms with Crippen LogP contribution >= 0.6 is 0 Å². The lowest BCUT2D eigenvalue weighted by Gasteiger charge is -2.18. The fourth-order valence-corrected chi connectivity index (χ4v) is 4.36. The second-order valence-electron chi connectivity index (χ2n) is 6.59. The van der Waals surface area contributed by atoms with Crippen LogP contribution in [0.25, 0.3) is 0 Å². The van der Waals surface area contributed by atoms with E-state index in [1.54, 1.807) is 0 Å². The average molecular weight is 336 g/mol. The molecule has 0 radical (unpaired) electrons. The van der Waals surface area contributed by atoms with E-state index >= 15 is 0 Å². The summed E-state index contributed by atoms with van der Waals surface area (Å²) in [5.74, 6) is -2.28. The van der Waals surface area contributed by atoms with Crippen molar-refractivity contribution in [1.82, 2.24) is 0 Å². The molecule has 4 atom stereocenters. The lowest BCUT2D eigenvalue weighted by molar-refractivity contribution is -0.140. The Bertz CT molecular complexity index is 656. The molecule has 3 nitrogen and oxygen atoms in total. The Hall–Kier alpha value is -1.91. The maximum atomic E-state index is 14.0. The minimum absolute atomic E-state index is 0.210. The summed E-state index contributed by atoms with van der Waals surface area (Å²) in [6.07, 6.45) is 8.08. The number of benzene rings is 1. The number of halogens is 2. The van der Waals surface area contributed by atoms with Gasteiger partial charge in [0.2, 0.25) is 11.6 Å². The highest BCUT2D eigenvalue weighted by Crippen LogP contribution is 2.51. The zero-order valence-corrected chi connectivity index (χ0v) is 13.9. The van der Waals surface area contributed by atoms with Gasteiger partial charge in [-0.15, -0.1) is 0 Å². The summed E-state index contributed by atoms with van der Waals surface area (Å²) >= 11 is 0. The molecule has 1 aromatic rings. The monoisotopic (exact) mass is 336 g/mol. The third-order valence-corrected chi connectivity index (χ3v) is 5.45. The molecule has 0 heterocycles. The van der Waals surface area contributed by atoms with Crippen molar-refractivity contribution in [3.63, 3.8) is 0 Å². The van der Waals surface area contributed by atoms with Crippen LogP contribution in [0.15, 0.2) is 24.3 Å². The van der Waals surface area contributed by atoms with E-state index < -0.39 is 17.6 Å². The molecular formula is C19H22F2O3. The van der Waals surface area contributed by atoms with E-state index in [9.17, 15) is 13.6 Å². The number of hydrogen-bond acceptors (Lipinski definition) is 3. The molecule has 0 aromatic heterocycles. The van der Waals surface area contributed by atoms with E-state index in [1.165, 1.54) is 19.2 Å². The maximum absolute atomic E-state index is 14.0. The second kappa shape index (κ2) is 6.91. The van der Waals surface area contributed by atoms with Crippen LogP contribution in [0.2, 0.25) is 0 Å². The quantitative estimate of drug-likeness (QED) is 0.461. The summed E-state index contributed by atoms with van der Waals surface area (Å²) < 4.78 is 37.6. The van der Waals surface area contributed by atoms with Gasteiger partial charge in [0.1, 0.15) is 0 Å². The van der Waals surface area contributed by atoms with E-state index in [1.807, 2.05) is 6.92 Å². The number of carbonyl (C=O) groups is 1. The van der Waals surface area contributed by atoms with Gasteiger partial charge in [-0.05, 0) is 62.5 Å².